The number of fused-ring (bicyclic) bond motifs is 2. The molecule has 5 nitrogen and oxygen atoms in total. The average Bonchev–Trinajstić information content (AvgIpc) is 2.75. The molecule has 0 fully saturated rings. The van der Waals surface area contributed by atoms with Gasteiger partial charge in [0.15, 0.2) is 0 Å². The molecule has 0 saturated heterocycles. The second-order valence-electron chi connectivity index (χ2n) is 7.04. The van der Waals surface area contributed by atoms with Crippen LogP contribution in [0.3, 0.4) is 0 Å². The summed E-state index contributed by atoms with van der Waals surface area (Å²) in [5.74, 6) is 0.00144. The van der Waals surface area contributed by atoms with Gasteiger partial charge in [0.1, 0.15) is 5.58 Å². The van der Waals surface area contributed by atoms with Gasteiger partial charge in [0.05, 0.1) is 5.69 Å². The van der Waals surface area contributed by atoms with Crippen molar-refractivity contribution in [2.45, 2.75) is 6.42 Å². The summed E-state index contributed by atoms with van der Waals surface area (Å²) in [5, 5.41) is 6.34. The lowest BCUT2D eigenvalue weighted by molar-refractivity contribution is 0.0795. The fourth-order valence-electron chi connectivity index (χ4n) is 3.44. The molecule has 4 rings (SSSR count). The minimum absolute atomic E-state index is 0.00144. The van der Waals surface area contributed by atoms with Crippen LogP contribution in [0.4, 0.5) is 5.69 Å². The Hall–Kier alpha value is -3.60. The fraction of sp³-hybridized carbons (Fsp3) is 0.167. The molecule has 0 aliphatic heterocycles. The van der Waals surface area contributed by atoms with E-state index in [0.717, 1.165) is 28.3 Å². The maximum absolute atomic E-state index is 12.7. The van der Waals surface area contributed by atoms with Crippen LogP contribution in [-0.4, -0.2) is 30.9 Å². The number of anilines is 1. The lowest BCUT2D eigenvalue weighted by Gasteiger charge is -2.18. The molecule has 0 spiro atoms. The van der Waals surface area contributed by atoms with Gasteiger partial charge < -0.3 is 14.6 Å². The monoisotopic (exact) mass is 386 g/mol. The second-order valence-corrected chi connectivity index (χ2v) is 7.04. The van der Waals surface area contributed by atoms with E-state index < -0.39 is 0 Å². The van der Waals surface area contributed by atoms with Crippen LogP contribution in [0.15, 0.2) is 82.0 Å². The van der Waals surface area contributed by atoms with Crippen molar-refractivity contribution in [1.29, 1.82) is 0 Å². The van der Waals surface area contributed by atoms with Crippen molar-refractivity contribution in [2.24, 2.45) is 0 Å². The quantitative estimate of drug-likeness (QED) is 0.391. The Kier molecular flexibility index (Phi) is 5.29. The molecule has 1 amide bonds. The molecular formula is C24H22N2O3. The summed E-state index contributed by atoms with van der Waals surface area (Å²) >= 11 is 0. The average molecular weight is 386 g/mol. The van der Waals surface area contributed by atoms with Crippen molar-refractivity contribution >= 4 is 33.3 Å². The van der Waals surface area contributed by atoms with E-state index in [1.165, 1.54) is 6.07 Å². The van der Waals surface area contributed by atoms with E-state index in [1.54, 1.807) is 11.0 Å². The molecular weight excluding hydrogens is 364 g/mol. The standard InChI is InChI=1S/C24H22N2O3/c1-26(24(28)19-12-11-17-7-2-3-8-18(17)15-19)14-6-13-25-21-16-23(27)29-22-10-5-4-9-20(21)22/h2-5,7-12,15-16,25H,6,13-14H2,1H3. The normalized spacial score (nSPS) is 10.9. The van der Waals surface area contributed by atoms with Crippen LogP contribution >= 0.6 is 0 Å². The molecule has 0 aliphatic rings. The highest BCUT2D eigenvalue weighted by atomic mass is 16.4. The SMILES string of the molecule is CN(CCCNc1cc(=O)oc2ccccc12)C(=O)c1ccc2ccccc2c1. The zero-order chi connectivity index (χ0) is 20.2. The number of hydrogen-bond donors (Lipinski definition) is 1. The highest BCUT2D eigenvalue weighted by molar-refractivity contribution is 5.98. The van der Waals surface area contributed by atoms with Gasteiger partial charge in [-0.15, -0.1) is 0 Å². The molecule has 1 aromatic heterocycles. The van der Waals surface area contributed by atoms with E-state index in [2.05, 4.69) is 5.32 Å². The van der Waals surface area contributed by atoms with Crippen LogP contribution in [-0.2, 0) is 0 Å². The van der Waals surface area contributed by atoms with Crippen LogP contribution in [0.5, 0.6) is 0 Å². The fourth-order valence-corrected chi connectivity index (χ4v) is 3.44. The number of rotatable bonds is 6. The van der Waals surface area contributed by atoms with Crippen LogP contribution < -0.4 is 10.9 Å². The number of carbonyl (C=O) groups excluding carboxylic acids is 1. The zero-order valence-corrected chi connectivity index (χ0v) is 16.2. The smallest absolute Gasteiger partial charge is 0.338 e. The highest BCUT2D eigenvalue weighted by Crippen LogP contribution is 2.21. The molecule has 4 aromatic rings. The van der Waals surface area contributed by atoms with Crippen molar-refractivity contribution in [2.75, 3.05) is 25.5 Å². The molecule has 5 heteroatoms. The minimum atomic E-state index is -0.380. The summed E-state index contributed by atoms with van der Waals surface area (Å²) in [6.45, 7) is 1.25. The molecule has 1 N–H and O–H groups in total. The first kappa shape index (κ1) is 18.7. The second kappa shape index (κ2) is 8.19. The van der Waals surface area contributed by atoms with Crippen LogP contribution in [0, 0.1) is 0 Å². The van der Waals surface area contributed by atoms with Crippen LogP contribution in [0.2, 0.25) is 0 Å². The Morgan fingerprint density at radius 1 is 0.966 bits per heavy atom. The molecule has 1 heterocycles. The van der Waals surface area contributed by atoms with E-state index in [4.69, 9.17) is 4.42 Å². The Morgan fingerprint density at radius 3 is 2.59 bits per heavy atom. The third-order valence-corrected chi connectivity index (χ3v) is 4.98. The predicted octanol–water partition coefficient (Wildman–Crippen LogP) is 4.52. The van der Waals surface area contributed by atoms with Crippen molar-refractivity contribution in [3.8, 4) is 0 Å². The molecule has 0 aliphatic carbocycles. The summed E-state index contributed by atoms with van der Waals surface area (Å²) < 4.78 is 5.21. The Balaban J connectivity index is 1.37. The van der Waals surface area contributed by atoms with Crippen LogP contribution in [0.1, 0.15) is 16.8 Å². The summed E-state index contributed by atoms with van der Waals surface area (Å²) in [4.78, 5) is 26.2. The minimum Gasteiger partial charge on any atom is -0.423 e. The van der Waals surface area contributed by atoms with E-state index in [1.807, 2.05) is 67.7 Å². The van der Waals surface area contributed by atoms with E-state index in [9.17, 15) is 9.59 Å². The van der Waals surface area contributed by atoms with Crippen molar-refractivity contribution in [1.82, 2.24) is 4.90 Å². The maximum Gasteiger partial charge on any atom is 0.338 e. The van der Waals surface area contributed by atoms with Gasteiger partial charge in [-0.3, -0.25) is 4.79 Å². The van der Waals surface area contributed by atoms with Gasteiger partial charge >= 0.3 is 5.63 Å². The van der Waals surface area contributed by atoms with Gasteiger partial charge in [-0.1, -0.05) is 42.5 Å². The number of nitrogens with zero attached hydrogens (tertiary/aromatic N) is 1. The van der Waals surface area contributed by atoms with Gasteiger partial charge in [-0.2, -0.15) is 0 Å². The van der Waals surface area contributed by atoms with Crippen molar-refractivity contribution in [3.63, 3.8) is 0 Å². The molecule has 29 heavy (non-hydrogen) atoms. The molecule has 0 radical (unpaired) electrons. The van der Waals surface area contributed by atoms with E-state index in [0.29, 0.717) is 24.2 Å². The Morgan fingerprint density at radius 2 is 1.72 bits per heavy atom. The third-order valence-electron chi connectivity index (χ3n) is 4.98. The van der Waals surface area contributed by atoms with Gasteiger partial charge in [-0.25, -0.2) is 4.79 Å². The summed E-state index contributed by atoms with van der Waals surface area (Å²) in [5.41, 5.74) is 1.62. The number of nitrogens with one attached hydrogen (secondary N) is 1. The third kappa shape index (κ3) is 4.14. The molecule has 0 saturated carbocycles. The number of benzene rings is 3. The van der Waals surface area contributed by atoms with Crippen molar-refractivity contribution < 1.29 is 9.21 Å². The Labute approximate surface area is 168 Å². The number of para-hydroxylation sites is 1. The zero-order valence-electron chi connectivity index (χ0n) is 16.2. The van der Waals surface area contributed by atoms with E-state index in [-0.39, 0.29) is 11.5 Å². The maximum atomic E-state index is 12.7. The summed E-state index contributed by atoms with van der Waals surface area (Å²) in [6, 6.07) is 22.7. The summed E-state index contributed by atoms with van der Waals surface area (Å²) in [7, 11) is 1.81. The topological polar surface area (TPSA) is 62.6 Å². The molecule has 0 bridgehead atoms. The first-order chi connectivity index (χ1) is 14.1. The Bertz CT molecular complexity index is 1230. The van der Waals surface area contributed by atoms with Gasteiger partial charge in [0, 0.05) is 37.2 Å². The van der Waals surface area contributed by atoms with Gasteiger partial charge in [0.25, 0.3) is 5.91 Å². The van der Waals surface area contributed by atoms with Crippen LogP contribution in [0.25, 0.3) is 21.7 Å². The van der Waals surface area contributed by atoms with Gasteiger partial charge in [-0.05, 0) is 41.5 Å². The number of hydrogen-bond acceptors (Lipinski definition) is 4. The van der Waals surface area contributed by atoms with E-state index >= 15 is 0 Å². The lowest BCUT2D eigenvalue weighted by Crippen LogP contribution is -2.28. The van der Waals surface area contributed by atoms with Crippen molar-refractivity contribution in [3.05, 3.63) is 88.8 Å². The molecule has 146 valence electrons. The molecule has 0 atom stereocenters. The first-order valence-corrected chi connectivity index (χ1v) is 9.63. The predicted molar refractivity (Wildman–Crippen MR) is 116 cm³/mol. The molecule has 3 aromatic carbocycles. The number of carbonyl (C=O) groups is 1. The summed E-state index contributed by atoms with van der Waals surface area (Å²) in [6.07, 6.45) is 0.754. The number of amides is 1. The van der Waals surface area contributed by atoms with Gasteiger partial charge in [0.2, 0.25) is 0 Å². The lowest BCUT2D eigenvalue weighted by atomic mass is 10.1. The first-order valence-electron chi connectivity index (χ1n) is 9.63. The molecule has 0 unspecified atom stereocenters. The largest absolute Gasteiger partial charge is 0.423 e. The highest BCUT2D eigenvalue weighted by Gasteiger charge is 2.12.